The molecule has 3 aromatic rings. The molecule has 1 aliphatic heterocycles. The number of hydrogen-bond acceptors (Lipinski definition) is 3. The first kappa shape index (κ1) is 11.3. The molecule has 4 heteroatoms. The topological polar surface area (TPSA) is 49.9 Å². The van der Waals surface area contributed by atoms with Crippen molar-refractivity contribution in [2.24, 2.45) is 0 Å². The van der Waals surface area contributed by atoms with E-state index in [9.17, 15) is 0 Å². The van der Waals surface area contributed by atoms with Crippen LogP contribution in [-0.4, -0.2) is 23.6 Å². The third-order valence-electron chi connectivity index (χ3n) is 3.78. The van der Waals surface area contributed by atoms with Crippen LogP contribution in [-0.2, 0) is 6.42 Å². The van der Waals surface area contributed by atoms with Crippen molar-refractivity contribution >= 4 is 16.7 Å². The molecule has 0 aliphatic carbocycles. The number of aromatic amines is 1. The summed E-state index contributed by atoms with van der Waals surface area (Å²) in [6, 6.07) is 12.3. The average molecular weight is 265 g/mol. The molecule has 20 heavy (non-hydrogen) atoms. The maximum atomic E-state index is 5.18. The van der Waals surface area contributed by atoms with E-state index in [4.69, 9.17) is 4.74 Å². The molecule has 0 unspecified atom stereocenters. The zero-order valence-electron chi connectivity index (χ0n) is 11.2. The summed E-state index contributed by atoms with van der Waals surface area (Å²) < 4.78 is 5.18. The second kappa shape index (κ2) is 4.27. The highest BCUT2D eigenvalue weighted by molar-refractivity contribution is 5.85. The maximum Gasteiger partial charge on any atom is 0.138 e. The van der Waals surface area contributed by atoms with Crippen LogP contribution in [0, 0.1) is 0 Å². The van der Waals surface area contributed by atoms with Gasteiger partial charge in [-0.25, -0.2) is 4.98 Å². The lowest BCUT2D eigenvalue weighted by Crippen LogP contribution is -1.90. The molecule has 2 heterocycles. The van der Waals surface area contributed by atoms with Crippen LogP contribution in [0.15, 0.2) is 36.4 Å². The highest BCUT2D eigenvalue weighted by atomic mass is 16.5. The Morgan fingerprint density at radius 3 is 2.80 bits per heavy atom. The first-order valence-corrected chi connectivity index (χ1v) is 6.74. The fourth-order valence-electron chi connectivity index (χ4n) is 2.69. The smallest absolute Gasteiger partial charge is 0.138 e. The van der Waals surface area contributed by atoms with Crippen LogP contribution in [0.25, 0.3) is 22.4 Å². The van der Waals surface area contributed by atoms with Gasteiger partial charge >= 0.3 is 0 Å². The molecular formula is C16H15N3O. The van der Waals surface area contributed by atoms with Crippen molar-refractivity contribution in [3.63, 3.8) is 0 Å². The van der Waals surface area contributed by atoms with E-state index >= 15 is 0 Å². The SMILES string of the molecule is COc1ccc(-c2nc3cc4c(cc3[nH]2)CCN4)cc1. The van der Waals surface area contributed by atoms with E-state index in [0.717, 1.165) is 41.1 Å². The number of nitrogens with one attached hydrogen (secondary N) is 2. The van der Waals surface area contributed by atoms with Crippen molar-refractivity contribution in [2.45, 2.75) is 6.42 Å². The van der Waals surface area contributed by atoms with Gasteiger partial charge in [0.2, 0.25) is 0 Å². The van der Waals surface area contributed by atoms with Gasteiger partial charge in [-0.15, -0.1) is 0 Å². The first-order valence-electron chi connectivity index (χ1n) is 6.74. The monoisotopic (exact) mass is 265 g/mol. The molecule has 0 bridgehead atoms. The molecule has 0 saturated heterocycles. The van der Waals surface area contributed by atoms with E-state index in [-0.39, 0.29) is 0 Å². The summed E-state index contributed by atoms with van der Waals surface area (Å²) in [5.74, 6) is 1.75. The van der Waals surface area contributed by atoms with Crippen molar-refractivity contribution in [3.05, 3.63) is 42.0 Å². The molecule has 0 atom stereocenters. The molecule has 0 fully saturated rings. The van der Waals surface area contributed by atoms with Crippen LogP contribution < -0.4 is 10.1 Å². The third kappa shape index (κ3) is 1.72. The van der Waals surface area contributed by atoms with Gasteiger partial charge in [-0.3, -0.25) is 0 Å². The number of hydrogen-bond donors (Lipinski definition) is 2. The van der Waals surface area contributed by atoms with Crippen molar-refractivity contribution in [1.29, 1.82) is 0 Å². The van der Waals surface area contributed by atoms with Crippen molar-refractivity contribution in [2.75, 3.05) is 19.0 Å². The number of nitrogens with zero attached hydrogens (tertiary/aromatic N) is 1. The fraction of sp³-hybridized carbons (Fsp3) is 0.188. The number of H-pyrrole nitrogens is 1. The highest BCUT2D eigenvalue weighted by Crippen LogP contribution is 2.29. The van der Waals surface area contributed by atoms with Gasteiger partial charge in [-0.1, -0.05) is 0 Å². The van der Waals surface area contributed by atoms with Crippen LogP contribution in [0.2, 0.25) is 0 Å². The lowest BCUT2D eigenvalue weighted by atomic mass is 10.1. The van der Waals surface area contributed by atoms with Crippen molar-refractivity contribution < 1.29 is 4.74 Å². The summed E-state index contributed by atoms with van der Waals surface area (Å²) in [6.07, 6.45) is 1.09. The zero-order valence-corrected chi connectivity index (χ0v) is 11.2. The number of fused-ring (bicyclic) bond motifs is 2. The van der Waals surface area contributed by atoms with E-state index in [1.54, 1.807) is 7.11 Å². The third-order valence-corrected chi connectivity index (χ3v) is 3.78. The summed E-state index contributed by atoms with van der Waals surface area (Å²) in [5.41, 5.74) is 5.74. The quantitative estimate of drug-likeness (QED) is 0.748. The highest BCUT2D eigenvalue weighted by Gasteiger charge is 2.13. The molecule has 0 saturated carbocycles. The Balaban J connectivity index is 1.80. The largest absolute Gasteiger partial charge is 0.497 e. The molecule has 2 N–H and O–H groups in total. The predicted molar refractivity (Wildman–Crippen MR) is 80.3 cm³/mol. The Labute approximate surface area is 116 Å². The summed E-state index contributed by atoms with van der Waals surface area (Å²) >= 11 is 0. The van der Waals surface area contributed by atoms with Gasteiger partial charge in [0.1, 0.15) is 11.6 Å². The van der Waals surface area contributed by atoms with E-state index in [1.807, 2.05) is 24.3 Å². The van der Waals surface area contributed by atoms with Crippen LogP contribution in [0.5, 0.6) is 5.75 Å². The summed E-state index contributed by atoms with van der Waals surface area (Å²) in [4.78, 5) is 8.08. The van der Waals surface area contributed by atoms with Gasteiger partial charge in [-0.2, -0.15) is 0 Å². The first-order chi connectivity index (χ1) is 9.83. The number of anilines is 1. The standard InChI is InChI=1S/C16H15N3O/c1-20-12-4-2-10(3-5-12)16-18-14-8-11-6-7-17-13(11)9-15(14)19-16/h2-5,8-9,17H,6-7H2,1H3,(H,18,19). The maximum absolute atomic E-state index is 5.18. The Hall–Kier alpha value is -2.49. The number of imidazole rings is 1. The molecule has 1 aromatic heterocycles. The van der Waals surface area contributed by atoms with Gasteiger partial charge in [0.05, 0.1) is 18.1 Å². The Morgan fingerprint density at radius 2 is 2.00 bits per heavy atom. The van der Waals surface area contributed by atoms with Gasteiger partial charge in [-0.05, 0) is 48.4 Å². The molecule has 1 aliphatic rings. The zero-order chi connectivity index (χ0) is 13.5. The molecule has 100 valence electrons. The Kier molecular flexibility index (Phi) is 2.42. The minimum atomic E-state index is 0.855. The molecule has 0 radical (unpaired) electrons. The molecule has 0 spiro atoms. The minimum Gasteiger partial charge on any atom is -0.497 e. The molecule has 4 rings (SSSR count). The summed E-state index contributed by atoms with van der Waals surface area (Å²) in [7, 11) is 1.67. The molecular weight excluding hydrogens is 250 g/mol. The number of rotatable bonds is 2. The second-order valence-electron chi connectivity index (χ2n) is 5.02. The van der Waals surface area contributed by atoms with Crippen LogP contribution in [0.1, 0.15) is 5.56 Å². The normalized spacial score (nSPS) is 13.2. The summed E-state index contributed by atoms with van der Waals surface area (Å²) in [5, 5.41) is 3.39. The van der Waals surface area contributed by atoms with E-state index in [2.05, 4.69) is 27.4 Å². The number of aromatic nitrogens is 2. The lowest BCUT2D eigenvalue weighted by molar-refractivity contribution is 0.415. The van der Waals surface area contributed by atoms with Crippen molar-refractivity contribution in [1.82, 2.24) is 9.97 Å². The minimum absolute atomic E-state index is 0.855. The van der Waals surface area contributed by atoms with Gasteiger partial charge < -0.3 is 15.0 Å². The van der Waals surface area contributed by atoms with Crippen LogP contribution >= 0.6 is 0 Å². The Morgan fingerprint density at radius 1 is 1.15 bits per heavy atom. The number of methoxy groups -OCH3 is 1. The summed E-state index contributed by atoms with van der Waals surface area (Å²) in [6.45, 7) is 1.02. The second-order valence-corrected chi connectivity index (χ2v) is 5.02. The average Bonchev–Trinajstić information content (AvgIpc) is 3.10. The number of benzene rings is 2. The van der Waals surface area contributed by atoms with Gasteiger partial charge in [0, 0.05) is 17.8 Å². The Bertz CT molecular complexity index is 733. The predicted octanol–water partition coefficient (Wildman–Crippen LogP) is 3.21. The molecule has 2 aromatic carbocycles. The van der Waals surface area contributed by atoms with Crippen molar-refractivity contribution in [3.8, 4) is 17.1 Å². The van der Waals surface area contributed by atoms with E-state index < -0.39 is 0 Å². The lowest BCUT2D eigenvalue weighted by Gasteiger charge is -2.00. The van der Waals surface area contributed by atoms with E-state index in [0.29, 0.717) is 0 Å². The van der Waals surface area contributed by atoms with Crippen LogP contribution in [0.3, 0.4) is 0 Å². The number of ether oxygens (including phenoxy) is 1. The van der Waals surface area contributed by atoms with E-state index in [1.165, 1.54) is 11.3 Å². The molecule has 0 amide bonds. The van der Waals surface area contributed by atoms with Gasteiger partial charge in [0.15, 0.2) is 0 Å². The molecule has 4 nitrogen and oxygen atoms in total. The van der Waals surface area contributed by atoms with Gasteiger partial charge in [0.25, 0.3) is 0 Å². The van der Waals surface area contributed by atoms with Crippen LogP contribution in [0.4, 0.5) is 5.69 Å². The fourth-order valence-corrected chi connectivity index (χ4v) is 2.69.